The van der Waals surface area contributed by atoms with Crippen LogP contribution in [0.5, 0.6) is 5.75 Å². The zero-order chi connectivity index (χ0) is 20.4. The summed E-state index contributed by atoms with van der Waals surface area (Å²) in [4.78, 5) is 28.5. The van der Waals surface area contributed by atoms with E-state index >= 15 is 0 Å². The summed E-state index contributed by atoms with van der Waals surface area (Å²) in [6.45, 7) is 8.10. The number of benzene rings is 1. The molecule has 3 aromatic rings. The van der Waals surface area contributed by atoms with Gasteiger partial charge in [0.05, 0.1) is 16.8 Å². The van der Waals surface area contributed by atoms with Gasteiger partial charge >= 0.3 is 0 Å². The number of fused-ring (bicyclic) bond motifs is 1. The highest BCUT2D eigenvalue weighted by atomic mass is 32.1. The van der Waals surface area contributed by atoms with E-state index in [1.54, 1.807) is 0 Å². The van der Waals surface area contributed by atoms with Crippen LogP contribution in [0.1, 0.15) is 31.2 Å². The molecule has 1 amide bonds. The molecule has 0 radical (unpaired) electrons. The Morgan fingerprint density at radius 2 is 1.90 bits per heavy atom. The molecule has 0 spiro atoms. The van der Waals surface area contributed by atoms with Crippen LogP contribution >= 0.6 is 11.3 Å². The van der Waals surface area contributed by atoms with Crippen molar-refractivity contribution in [3.05, 3.63) is 35.7 Å². The molecule has 7 nitrogen and oxygen atoms in total. The molecule has 0 unspecified atom stereocenters. The Bertz CT molecular complexity index is 1010. The van der Waals surface area contributed by atoms with Gasteiger partial charge in [0, 0.05) is 30.4 Å². The second-order valence-electron chi connectivity index (χ2n) is 7.28. The van der Waals surface area contributed by atoms with Crippen LogP contribution in [-0.2, 0) is 4.79 Å². The lowest BCUT2D eigenvalue weighted by Gasteiger charge is -2.31. The molecular formula is C21H25N5O2S. The number of piperidine rings is 1. The van der Waals surface area contributed by atoms with Crippen molar-refractivity contribution in [3.63, 3.8) is 0 Å². The van der Waals surface area contributed by atoms with Gasteiger partial charge in [0.1, 0.15) is 5.75 Å². The van der Waals surface area contributed by atoms with Gasteiger partial charge in [-0.2, -0.15) is 0 Å². The lowest BCUT2D eigenvalue weighted by atomic mass is 9.96. The molecule has 4 rings (SSSR count). The quantitative estimate of drug-likeness (QED) is 0.685. The number of nitrogens with one attached hydrogen (secondary N) is 1. The van der Waals surface area contributed by atoms with Crippen molar-refractivity contribution in [2.24, 2.45) is 5.92 Å². The van der Waals surface area contributed by atoms with Gasteiger partial charge < -0.3 is 15.0 Å². The lowest BCUT2D eigenvalue weighted by molar-refractivity contribution is -0.120. The van der Waals surface area contributed by atoms with Crippen molar-refractivity contribution in [2.45, 2.75) is 33.6 Å². The SMILES string of the molecule is CCOc1ccc2nc(NC(=O)C3CCN(c4nc(C)cc(C)n4)CC3)sc2c1. The number of carbonyl (C=O) groups is 1. The third-order valence-electron chi connectivity index (χ3n) is 5.02. The van der Waals surface area contributed by atoms with Crippen LogP contribution in [0.3, 0.4) is 0 Å². The smallest absolute Gasteiger partial charge is 0.229 e. The zero-order valence-corrected chi connectivity index (χ0v) is 17.8. The van der Waals surface area contributed by atoms with Crippen molar-refractivity contribution in [1.29, 1.82) is 0 Å². The number of thiazole rings is 1. The summed E-state index contributed by atoms with van der Waals surface area (Å²) in [7, 11) is 0. The average Bonchev–Trinajstić information content (AvgIpc) is 3.09. The topological polar surface area (TPSA) is 80.2 Å². The van der Waals surface area contributed by atoms with Gasteiger partial charge in [0.15, 0.2) is 5.13 Å². The molecule has 0 saturated carbocycles. The molecular weight excluding hydrogens is 386 g/mol. The van der Waals surface area contributed by atoms with Crippen LogP contribution in [-0.4, -0.2) is 40.6 Å². The monoisotopic (exact) mass is 411 g/mol. The minimum absolute atomic E-state index is 0.0249. The summed E-state index contributed by atoms with van der Waals surface area (Å²) in [5, 5.41) is 3.64. The predicted molar refractivity (Wildman–Crippen MR) is 116 cm³/mol. The first-order valence-electron chi connectivity index (χ1n) is 9.93. The maximum Gasteiger partial charge on any atom is 0.229 e. The fraction of sp³-hybridized carbons (Fsp3) is 0.429. The van der Waals surface area contributed by atoms with Crippen molar-refractivity contribution >= 4 is 38.5 Å². The molecule has 1 N–H and O–H groups in total. The standard InChI is InChI=1S/C21H25N5O2S/c1-4-28-16-5-6-17-18(12-16)29-21(24-17)25-19(27)15-7-9-26(10-8-15)20-22-13(2)11-14(3)23-20/h5-6,11-12,15H,4,7-10H2,1-3H3,(H,24,25,27). The van der Waals surface area contributed by atoms with E-state index in [-0.39, 0.29) is 11.8 Å². The molecule has 2 aromatic heterocycles. The first-order valence-corrected chi connectivity index (χ1v) is 10.7. The molecule has 3 heterocycles. The van der Waals surface area contributed by atoms with Gasteiger partial charge in [-0.1, -0.05) is 11.3 Å². The summed E-state index contributed by atoms with van der Waals surface area (Å²) >= 11 is 1.48. The summed E-state index contributed by atoms with van der Waals surface area (Å²) in [6, 6.07) is 7.77. The fourth-order valence-electron chi connectivity index (χ4n) is 3.61. The fourth-order valence-corrected chi connectivity index (χ4v) is 4.51. The van der Waals surface area contributed by atoms with Crippen LogP contribution in [0, 0.1) is 19.8 Å². The second-order valence-corrected chi connectivity index (χ2v) is 8.31. The van der Waals surface area contributed by atoms with Crippen LogP contribution in [0.4, 0.5) is 11.1 Å². The minimum Gasteiger partial charge on any atom is -0.494 e. The highest BCUT2D eigenvalue weighted by Crippen LogP contribution is 2.30. The molecule has 1 saturated heterocycles. The molecule has 0 atom stereocenters. The first kappa shape index (κ1) is 19.6. The highest BCUT2D eigenvalue weighted by molar-refractivity contribution is 7.22. The van der Waals surface area contributed by atoms with Crippen LogP contribution in [0.25, 0.3) is 10.2 Å². The lowest BCUT2D eigenvalue weighted by Crippen LogP contribution is -2.39. The highest BCUT2D eigenvalue weighted by Gasteiger charge is 2.27. The molecule has 152 valence electrons. The largest absolute Gasteiger partial charge is 0.494 e. The number of hydrogen-bond acceptors (Lipinski definition) is 7. The average molecular weight is 412 g/mol. The maximum absolute atomic E-state index is 12.7. The van der Waals surface area contributed by atoms with Gasteiger partial charge in [-0.15, -0.1) is 0 Å². The Morgan fingerprint density at radius 1 is 1.17 bits per heavy atom. The Labute approximate surface area is 174 Å². The van der Waals surface area contributed by atoms with Crippen molar-refractivity contribution in [2.75, 3.05) is 29.9 Å². The van der Waals surface area contributed by atoms with Gasteiger partial charge in [-0.3, -0.25) is 4.79 Å². The van der Waals surface area contributed by atoms with E-state index in [9.17, 15) is 4.79 Å². The Hall–Kier alpha value is -2.74. The number of ether oxygens (including phenoxy) is 1. The van der Waals surface area contributed by atoms with Crippen molar-refractivity contribution in [1.82, 2.24) is 15.0 Å². The van der Waals surface area contributed by atoms with Crippen molar-refractivity contribution < 1.29 is 9.53 Å². The zero-order valence-electron chi connectivity index (χ0n) is 16.9. The van der Waals surface area contributed by atoms with Gasteiger partial charge in [-0.25, -0.2) is 15.0 Å². The molecule has 1 aliphatic rings. The number of nitrogens with zero attached hydrogens (tertiary/aromatic N) is 4. The molecule has 0 aliphatic carbocycles. The Kier molecular flexibility index (Phi) is 5.62. The van der Waals surface area contributed by atoms with E-state index in [1.807, 2.05) is 45.0 Å². The van der Waals surface area contributed by atoms with E-state index in [2.05, 4.69) is 25.2 Å². The molecule has 1 aromatic carbocycles. The third kappa shape index (κ3) is 4.48. The molecule has 8 heteroatoms. The number of rotatable bonds is 5. The van der Waals surface area contributed by atoms with Crippen LogP contribution < -0.4 is 15.0 Å². The minimum atomic E-state index is -0.0249. The van der Waals surface area contributed by atoms with E-state index < -0.39 is 0 Å². The number of hydrogen-bond donors (Lipinski definition) is 1. The van der Waals surface area contributed by atoms with E-state index in [1.165, 1.54) is 11.3 Å². The number of aryl methyl sites for hydroxylation is 2. The molecule has 1 aliphatic heterocycles. The molecule has 1 fully saturated rings. The molecule has 0 bridgehead atoms. The van der Waals surface area contributed by atoms with Gasteiger partial charge in [0.25, 0.3) is 0 Å². The number of anilines is 2. The van der Waals surface area contributed by atoms with Gasteiger partial charge in [-0.05, 0) is 57.9 Å². The van der Waals surface area contributed by atoms with Crippen LogP contribution in [0.2, 0.25) is 0 Å². The van der Waals surface area contributed by atoms with E-state index in [0.717, 1.165) is 59.2 Å². The molecule has 29 heavy (non-hydrogen) atoms. The summed E-state index contributed by atoms with van der Waals surface area (Å²) in [5.74, 6) is 1.60. The first-order chi connectivity index (χ1) is 14.0. The normalized spacial score (nSPS) is 14.9. The number of amides is 1. The summed E-state index contributed by atoms with van der Waals surface area (Å²) in [6.07, 6.45) is 1.56. The van der Waals surface area contributed by atoms with E-state index in [4.69, 9.17) is 4.74 Å². The van der Waals surface area contributed by atoms with Crippen LogP contribution in [0.15, 0.2) is 24.3 Å². The predicted octanol–water partition coefficient (Wildman–Crippen LogP) is 3.96. The summed E-state index contributed by atoms with van der Waals surface area (Å²) in [5.41, 5.74) is 2.81. The van der Waals surface area contributed by atoms with Crippen molar-refractivity contribution in [3.8, 4) is 5.75 Å². The second kappa shape index (κ2) is 8.32. The summed E-state index contributed by atoms with van der Waals surface area (Å²) < 4.78 is 6.54. The maximum atomic E-state index is 12.7. The Morgan fingerprint density at radius 3 is 2.59 bits per heavy atom. The number of aromatic nitrogens is 3. The van der Waals surface area contributed by atoms with Gasteiger partial charge in [0.2, 0.25) is 11.9 Å². The van der Waals surface area contributed by atoms with E-state index in [0.29, 0.717) is 11.7 Å². The Balaban J connectivity index is 1.38. The number of carbonyl (C=O) groups excluding carboxylic acids is 1. The third-order valence-corrected chi connectivity index (χ3v) is 5.95.